The largest absolute Gasteiger partial charge is 0.339 e. The van der Waals surface area contributed by atoms with Crippen LogP contribution in [0, 0.1) is 24.5 Å². The van der Waals surface area contributed by atoms with Crippen molar-refractivity contribution in [1.82, 2.24) is 9.21 Å². The van der Waals surface area contributed by atoms with Crippen molar-refractivity contribution in [2.45, 2.75) is 38.5 Å². The Bertz CT molecular complexity index is 1160. The van der Waals surface area contributed by atoms with Crippen LogP contribution in [0.5, 0.6) is 0 Å². The second kappa shape index (κ2) is 10.1. The first kappa shape index (κ1) is 25.0. The third-order valence-corrected chi connectivity index (χ3v) is 8.30. The number of aryl methyl sites for hydroxylation is 1. The van der Waals surface area contributed by atoms with Crippen LogP contribution in [0.15, 0.2) is 41.3 Å². The van der Waals surface area contributed by atoms with Crippen molar-refractivity contribution in [3.05, 3.63) is 64.7 Å². The fraction of sp³-hybridized carbons (Fsp3) is 0.417. The van der Waals surface area contributed by atoms with Gasteiger partial charge < -0.3 is 4.90 Å². The molecule has 0 aliphatic carbocycles. The van der Waals surface area contributed by atoms with Gasteiger partial charge in [-0.05, 0) is 55.7 Å². The average molecular weight is 479 g/mol. The van der Waals surface area contributed by atoms with Gasteiger partial charge in [0.05, 0.1) is 10.5 Å². The number of hydrogen-bond donors (Lipinski definition) is 0. The van der Waals surface area contributed by atoms with Crippen LogP contribution in [-0.4, -0.2) is 55.5 Å². The predicted molar refractivity (Wildman–Crippen MR) is 121 cm³/mol. The van der Waals surface area contributed by atoms with E-state index in [0.29, 0.717) is 31.5 Å². The van der Waals surface area contributed by atoms with E-state index in [9.17, 15) is 26.8 Å². The number of Topliss-reactive ketones (excluding diaryl/α,β-unsaturated/α-hetero) is 1. The molecular weight excluding hydrogens is 450 g/mol. The SMILES string of the molecule is CCN(CC)S(=O)(=O)c1cc(C(=O)N2CCC(C(=O)c3cc(F)ccc3F)CC2)ccc1C. The summed E-state index contributed by atoms with van der Waals surface area (Å²) in [6, 6.07) is 7.42. The molecule has 0 unspecified atom stereocenters. The minimum Gasteiger partial charge on any atom is -0.339 e. The number of ketones is 1. The topological polar surface area (TPSA) is 74.8 Å². The van der Waals surface area contributed by atoms with E-state index in [0.717, 1.165) is 18.2 Å². The van der Waals surface area contributed by atoms with Gasteiger partial charge in [0.2, 0.25) is 10.0 Å². The summed E-state index contributed by atoms with van der Waals surface area (Å²) in [6.07, 6.45) is 0.633. The Morgan fingerprint density at radius 1 is 1.03 bits per heavy atom. The lowest BCUT2D eigenvalue weighted by Gasteiger charge is -2.31. The normalized spacial score (nSPS) is 15.2. The van der Waals surface area contributed by atoms with Gasteiger partial charge in [-0.2, -0.15) is 4.31 Å². The number of carbonyl (C=O) groups is 2. The molecule has 0 spiro atoms. The summed E-state index contributed by atoms with van der Waals surface area (Å²) in [5, 5.41) is 0. The first-order chi connectivity index (χ1) is 15.6. The van der Waals surface area contributed by atoms with E-state index in [1.165, 1.54) is 10.4 Å². The van der Waals surface area contributed by atoms with Gasteiger partial charge in [-0.15, -0.1) is 0 Å². The minimum absolute atomic E-state index is 0.101. The van der Waals surface area contributed by atoms with E-state index >= 15 is 0 Å². The van der Waals surface area contributed by atoms with Gasteiger partial charge in [-0.25, -0.2) is 17.2 Å². The Kier molecular flexibility index (Phi) is 7.64. The van der Waals surface area contributed by atoms with Crippen molar-refractivity contribution in [3.8, 4) is 0 Å². The van der Waals surface area contributed by atoms with Crippen LogP contribution >= 0.6 is 0 Å². The number of hydrogen-bond acceptors (Lipinski definition) is 4. The van der Waals surface area contributed by atoms with Gasteiger partial charge in [0.25, 0.3) is 5.91 Å². The lowest BCUT2D eigenvalue weighted by molar-refractivity contribution is 0.0649. The molecule has 0 aromatic heterocycles. The van der Waals surface area contributed by atoms with Crippen molar-refractivity contribution in [2.75, 3.05) is 26.2 Å². The molecule has 1 aliphatic rings. The standard InChI is InChI=1S/C24H28F2N2O4S/c1-4-28(5-2)33(31,32)22-14-18(7-6-16(22)3)24(30)27-12-10-17(11-13-27)23(29)20-15-19(25)8-9-21(20)26/h6-9,14-15,17H,4-5,10-13H2,1-3H3. The van der Waals surface area contributed by atoms with E-state index in [-0.39, 0.29) is 35.0 Å². The lowest BCUT2D eigenvalue weighted by atomic mass is 9.88. The van der Waals surface area contributed by atoms with E-state index in [1.807, 2.05) is 0 Å². The number of piperidine rings is 1. The van der Waals surface area contributed by atoms with Gasteiger partial charge in [0.1, 0.15) is 11.6 Å². The molecule has 0 radical (unpaired) electrons. The summed E-state index contributed by atoms with van der Waals surface area (Å²) in [5.41, 5.74) is 0.539. The van der Waals surface area contributed by atoms with Gasteiger partial charge in [0, 0.05) is 37.7 Å². The molecule has 178 valence electrons. The van der Waals surface area contributed by atoms with Crippen LogP contribution in [-0.2, 0) is 10.0 Å². The highest BCUT2D eigenvalue weighted by atomic mass is 32.2. The second-order valence-corrected chi connectivity index (χ2v) is 10.0. The molecule has 6 nitrogen and oxygen atoms in total. The molecule has 0 atom stereocenters. The first-order valence-electron chi connectivity index (χ1n) is 11.0. The van der Waals surface area contributed by atoms with Gasteiger partial charge >= 0.3 is 0 Å². The summed E-state index contributed by atoms with van der Waals surface area (Å²) >= 11 is 0. The zero-order chi connectivity index (χ0) is 24.3. The van der Waals surface area contributed by atoms with E-state index in [1.54, 1.807) is 37.8 Å². The molecule has 0 N–H and O–H groups in total. The van der Waals surface area contributed by atoms with Crippen LogP contribution in [0.2, 0.25) is 0 Å². The van der Waals surface area contributed by atoms with Crippen molar-refractivity contribution in [3.63, 3.8) is 0 Å². The molecule has 3 rings (SSSR count). The quantitative estimate of drug-likeness (QED) is 0.563. The number of benzene rings is 2. The summed E-state index contributed by atoms with van der Waals surface area (Å²) in [6.45, 7) is 6.37. The molecule has 2 aromatic rings. The zero-order valence-corrected chi connectivity index (χ0v) is 19.8. The molecule has 1 heterocycles. The van der Waals surface area contributed by atoms with Gasteiger partial charge in [-0.1, -0.05) is 19.9 Å². The number of amides is 1. The Morgan fingerprint density at radius 2 is 1.67 bits per heavy atom. The van der Waals surface area contributed by atoms with Gasteiger partial charge in [0.15, 0.2) is 5.78 Å². The van der Waals surface area contributed by atoms with E-state index in [2.05, 4.69) is 0 Å². The van der Waals surface area contributed by atoms with Crippen LogP contribution in [0.4, 0.5) is 8.78 Å². The van der Waals surface area contributed by atoms with E-state index in [4.69, 9.17) is 0 Å². The number of rotatable bonds is 7. The van der Waals surface area contributed by atoms with Crippen LogP contribution in [0.3, 0.4) is 0 Å². The number of carbonyl (C=O) groups excluding carboxylic acids is 2. The smallest absolute Gasteiger partial charge is 0.253 e. The number of nitrogens with zero attached hydrogens (tertiary/aromatic N) is 2. The van der Waals surface area contributed by atoms with E-state index < -0.39 is 33.4 Å². The second-order valence-electron chi connectivity index (χ2n) is 8.12. The zero-order valence-electron chi connectivity index (χ0n) is 19.0. The highest BCUT2D eigenvalue weighted by Gasteiger charge is 2.31. The molecule has 1 amide bonds. The van der Waals surface area contributed by atoms with Crippen molar-refractivity contribution in [2.24, 2.45) is 5.92 Å². The third-order valence-electron chi connectivity index (χ3n) is 6.11. The molecule has 0 saturated carbocycles. The maximum absolute atomic E-state index is 14.0. The highest BCUT2D eigenvalue weighted by molar-refractivity contribution is 7.89. The molecule has 9 heteroatoms. The van der Waals surface area contributed by atoms with Crippen molar-refractivity contribution < 1.29 is 26.8 Å². The fourth-order valence-corrected chi connectivity index (χ4v) is 5.86. The Morgan fingerprint density at radius 3 is 2.27 bits per heavy atom. The maximum Gasteiger partial charge on any atom is 0.253 e. The maximum atomic E-state index is 14.0. The fourth-order valence-electron chi connectivity index (χ4n) is 4.15. The highest BCUT2D eigenvalue weighted by Crippen LogP contribution is 2.26. The molecule has 33 heavy (non-hydrogen) atoms. The first-order valence-corrected chi connectivity index (χ1v) is 12.4. The average Bonchev–Trinajstić information content (AvgIpc) is 2.80. The number of halogens is 2. The van der Waals surface area contributed by atoms with Crippen LogP contribution in [0.25, 0.3) is 0 Å². The third kappa shape index (κ3) is 5.14. The number of likely N-dealkylation sites (tertiary alicyclic amines) is 1. The number of sulfonamides is 1. The lowest BCUT2D eigenvalue weighted by Crippen LogP contribution is -2.40. The molecule has 0 bridgehead atoms. The summed E-state index contributed by atoms with van der Waals surface area (Å²) in [7, 11) is -3.73. The van der Waals surface area contributed by atoms with Crippen LogP contribution in [0.1, 0.15) is 53.0 Å². The molecule has 2 aromatic carbocycles. The van der Waals surface area contributed by atoms with Crippen molar-refractivity contribution >= 4 is 21.7 Å². The minimum atomic E-state index is -3.73. The molecular formula is C24H28F2N2O4S. The molecule has 1 fully saturated rings. The molecule has 1 saturated heterocycles. The Labute approximate surface area is 193 Å². The predicted octanol–water partition coefficient (Wildman–Crippen LogP) is 4.04. The molecule has 1 aliphatic heterocycles. The van der Waals surface area contributed by atoms with Crippen molar-refractivity contribution in [1.29, 1.82) is 0 Å². The Hall–Kier alpha value is -2.65. The summed E-state index contributed by atoms with van der Waals surface area (Å²) in [5.74, 6) is -2.75. The summed E-state index contributed by atoms with van der Waals surface area (Å²) < 4.78 is 54.7. The van der Waals surface area contributed by atoms with Gasteiger partial charge in [-0.3, -0.25) is 9.59 Å². The Balaban J connectivity index is 1.75. The monoisotopic (exact) mass is 478 g/mol. The summed E-state index contributed by atoms with van der Waals surface area (Å²) in [4.78, 5) is 27.4. The van der Waals surface area contributed by atoms with Crippen LogP contribution < -0.4 is 0 Å².